The molecule has 0 saturated carbocycles. The standard InChI is InChI=1S/C26H34O6/c1-3-4-11-29-13-15-31-16-14-30-12-7-8-21(27)17-20-18-26-23(19-25(20)28-2)22-9-5-6-10-24(22)32-26/h5-6,9-10,18-19H,3-4,7-8,11-17H2,1-2H3. The molecule has 2 aromatic carbocycles. The number of hydrogen-bond donors (Lipinski definition) is 0. The van der Waals surface area contributed by atoms with Crippen molar-refractivity contribution in [2.75, 3.05) is 46.8 Å². The quantitative estimate of drug-likeness (QED) is 0.279. The van der Waals surface area contributed by atoms with E-state index in [9.17, 15) is 4.79 Å². The minimum absolute atomic E-state index is 0.155. The molecule has 0 aliphatic heterocycles. The monoisotopic (exact) mass is 442 g/mol. The molecule has 32 heavy (non-hydrogen) atoms. The third kappa shape index (κ3) is 7.05. The maximum Gasteiger partial charge on any atom is 0.137 e. The van der Waals surface area contributed by atoms with Gasteiger partial charge in [0.25, 0.3) is 0 Å². The summed E-state index contributed by atoms with van der Waals surface area (Å²) in [4.78, 5) is 12.5. The molecule has 3 rings (SSSR count). The molecule has 1 heterocycles. The first-order valence-corrected chi connectivity index (χ1v) is 11.5. The van der Waals surface area contributed by atoms with E-state index in [0.717, 1.165) is 47.0 Å². The van der Waals surface area contributed by atoms with Gasteiger partial charge in [-0.15, -0.1) is 0 Å². The van der Waals surface area contributed by atoms with E-state index >= 15 is 0 Å². The highest BCUT2D eigenvalue weighted by molar-refractivity contribution is 6.05. The third-order valence-corrected chi connectivity index (χ3v) is 5.30. The smallest absolute Gasteiger partial charge is 0.137 e. The summed E-state index contributed by atoms with van der Waals surface area (Å²) in [7, 11) is 1.63. The normalized spacial score (nSPS) is 11.4. The van der Waals surface area contributed by atoms with E-state index in [-0.39, 0.29) is 5.78 Å². The van der Waals surface area contributed by atoms with Crippen LogP contribution in [0.15, 0.2) is 40.8 Å². The van der Waals surface area contributed by atoms with E-state index < -0.39 is 0 Å². The van der Waals surface area contributed by atoms with Crippen molar-refractivity contribution in [2.45, 2.75) is 39.0 Å². The van der Waals surface area contributed by atoms with Crippen LogP contribution in [0.5, 0.6) is 5.75 Å². The van der Waals surface area contributed by atoms with Gasteiger partial charge < -0.3 is 23.4 Å². The molecule has 0 amide bonds. The molecule has 0 N–H and O–H groups in total. The Hall–Kier alpha value is -2.41. The highest BCUT2D eigenvalue weighted by Crippen LogP contribution is 2.34. The van der Waals surface area contributed by atoms with E-state index in [2.05, 4.69) is 6.92 Å². The minimum Gasteiger partial charge on any atom is -0.496 e. The number of fused-ring (bicyclic) bond motifs is 3. The van der Waals surface area contributed by atoms with Crippen LogP contribution in [0.25, 0.3) is 21.9 Å². The predicted molar refractivity (Wildman–Crippen MR) is 126 cm³/mol. The van der Waals surface area contributed by atoms with Crippen molar-refractivity contribution >= 4 is 27.7 Å². The zero-order valence-electron chi connectivity index (χ0n) is 19.2. The fraction of sp³-hybridized carbons (Fsp3) is 0.500. The number of Topliss-reactive ketones (excluding diaryl/α,β-unsaturated/α-hetero) is 1. The van der Waals surface area contributed by atoms with E-state index in [4.69, 9.17) is 23.4 Å². The van der Waals surface area contributed by atoms with Crippen molar-refractivity contribution in [1.29, 1.82) is 0 Å². The first-order valence-electron chi connectivity index (χ1n) is 11.5. The number of carbonyl (C=O) groups is 1. The molecule has 174 valence electrons. The van der Waals surface area contributed by atoms with Gasteiger partial charge in [-0.05, 0) is 31.0 Å². The van der Waals surface area contributed by atoms with Crippen LogP contribution in [-0.4, -0.2) is 52.5 Å². The van der Waals surface area contributed by atoms with Crippen LogP contribution in [0.2, 0.25) is 0 Å². The maximum atomic E-state index is 12.5. The molecule has 0 aliphatic rings. The second-order valence-corrected chi connectivity index (χ2v) is 7.77. The van der Waals surface area contributed by atoms with Gasteiger partial charge in [-0.1, -0.05) is 31.5 Å². The number of carbonyl (C=O) groups excluding carboxylic acids is 1. The summed E-state index contributed by atoms with van der Waals surface area (Å²) in [5.41, 5.74) is 2.45. The number of unbranched alkanes of at least 4 members (excludes halogenated alkanes) is 1. The van der Waals surface area contributed by atoms with Crippen molar-refractivity contribution in [1.82, 2.24) is 0 Å². The average Bonchev–Trinajstić information content (AvgIpc) is 3.16. The lowest BCUT2D eigenvalue weighted by atomic mass is 10.0. The average molecular weight is 443 g/mol. The number of rotatable bonds is 16. The molecule has 0 saturated heterocycles. The Morgan fingerprint density at radius 2 is 1.53 bits per heavy atom. The van der Waals surface area contributed by atoms with Crippen molar-refractivity contribution in [3.8, 4) is 5.75 Å². The summed E-state index contributed by atoms with van der Waals surface area (Å²) in [6, 6.07) is 11.8. The molecule has 0 fully saturated rings. The van der Waals surface area contributed by atoms with Gasteiger partial charge in [-0.25, -0.2) is 0 Å². The van der Waals surface area contributed by atoms with Gasteiger partial charge >= 0.3 is 0 Å². The van der Waals surface area contributed by atoms with Crippen LogP contribution in [0.4, 0.5) is 0 Å². The summed E-state index contributed by atoms with van der Waals surface area (Å²) in [6.45, 7) is 5.76. The third-order valence-electron chi connectivity index (χ3n) is 5.30. The summed E-state index contributed by atoms with van der Waals surface area (Å²) >= 11 is 0. The Balaban J connectivity index is 1.36. The van der Waals surface area contributed by atoms with Crippen molar-refractivity contribution < 1.29 is 28.2 Å². The molecule has 6 heteroatoms. The van der Waals surface area contributed by atoms with E-state index in [1.165, 1.54) is 0 Å². The van der Waals surface area contributed by atoms with E-state index in [0.29, 0.717) is 58.0 Å². The first-order chi connectivity index (χ1) is 15.7. The van der Waals surface area contributed by atoms with E-state index in [1.807, 2.05) is 36.4 Å². The first kappa shape index (κ1) is 24.2. The lowest BCUT2D eigenvalue weighted by Crippen LogP contribution is -2.11. The number of furan rings is 1. The molecule has 0 radical (unpaired) electrons. The van der Waals surface area contributed by atoms with Gasteiger partial charge in [0, 0.05) is 42.4 Å². The molecule has 3 aromatic rings. The Bertz CT molecular complexity index is 977. The number of para-hydroxylation sites is 1. The van der Waals surface area contributed by atoms with Crippen LogP contribution in [0, 0.1) is 0 Å². The Morgan fingerprint density at radius 1 is 0.844 bits per heavy atom. The van der Waals surface area contributed by atoms with Crippen molar-refractivity contribution in [3.63, 3.8) is 0 Å². The van der Waals surface area contributed by atoms with Gasteiger partial charge in [0.05, 0.1) is 33.5 Å². The number of ketones is 1. The maximum absolute atomic E-state index is 12.5. The molecule has 6 nitrogen and oxygen atoms in total. The Morgan fingerprint density at radius 3 is 2.25 bits per heavy atom. The molecule has 1 aromatic heterocycles. The molecule has 0 atom stereocenters. The van der Waals surface area contributed by atoms with Gasteiger partial charge in [-0.2, -0.15) is 0 Å². The second kappa shape index (κ2) is 13.2. The molecular formula is C26H34O6. The zero-order valence-corrected chi connectivity index (χ0v) is 19.2. The van der Waals surface area contributed by atoms with Gasteiger partial charge in [0.15, 0.2) is 0 Å². The predicted octanol–water partition coefficient (Wildman–Crippen LogP) is 5.34. The number of methoxy groups -OCH3 is 1. The Labute approximate surface area is 189 Å². The number of hydrogen-bond acceptors (Lipinski definition) is 6. The summed E-state index contributed by atoms with van der Waals surface area (Å²) < 4.78 is 27.9. The molecule has 0 unspecified atom stereocenters. The lowest BCUT2D eigenvalue weighted by molar-refractivity contribution is -0.118. The van der Waals surface area contributed by atoms with Crippen LogP contribution >= 0.6 is 0 Å². The van der Waals surface area contributed by atoms with Crippen LogP contribution < -0.4 is 4.74 Å². The second-order valence-electron chi connectivity index (χ2n) is 7.77. The number of ether oxygens (including phenoxy) is 4. The highest BCUT2D eigenvalue weighted by Gasteiger charge is 2.14. The molecule has 0 spiro atoms. The van der Waals surface area contributed by atoms with Crippen LogP contribution in [0.3, 0.4) is 0 Å². The largest absolute Gasteiger partial charge is 0.496 e. The topological polar surface area (TPSA) is 67.1 Å². The lowest BCUT2D eigenvalue weighted by Gasteiger charge is -2.09. The van der Waals surface area contributed by atoms with Crippen LogP contribution in [-0.2, 0) is 25.4 Å². The molecular weight excluding hydrogens is 408 g/mol. The van der Waals surface area contributed by atoms with Crippen molar-refractivity contribution in [2.24, 2.45) is 0 Å². The fourth-order valence-electron chi connectivity index (χ4n) is 3.58. The fourth-order valence-corrected chi connectivity index (χ4v) is 3.58. The Kier molecular flexibility index (Phi) is 10.0. The molecule has 0 aliphatic carbocycles. The summed E-state index contributed by atoms with van der Waals surface area (Å²) in [5, 5.41) is 2.04. The summed E-state index contributed by atoms with van der Waals surface area (Å²) in [5.74, 6) is 0.868. The van der Waals surface area contributed by atoms with E-state index in [1.54, 1.807) is 7.11 Å². The minimum atomic E-state index is 0.155. The highest BCUT2D eigenvalue weighted by atomic mass is 16.5. The SMILES string of the molecule is CCCCOCCOCCOCCCC(=O)Cc1cc2oc3ccccc3c2cc1OC. The zero-order chi connectivity index (χ0) is 22.6. The summed E-state index contributed by atoms with van der Waals surface area (Å²) in [6.07, 6.45) is 3.70. The van der Waals surface area contributed by atoms with Gasteiger partial charge in [0.2, 0.25) is 0 Å². The van der Waals surface area contributed by atoms with Gasteiger partial charge in [0.1, 0.15) is 22.7 Å². The molecule has 0 bridgehead atoms. The van der Waals surface area contributed by atoms with Gasteiger partial charge in [-0.3, -0.25) is 4.79 Å². The number of benzene rings is 2. The van der Waals surface area contributed by atoms with Crippen molar-refractivity contribution in [3.05, 3.63) is 42.0 Å². The van der Waals surface area contributed by atoms with Crippen LogP contribution in [0.1, 0.15) is 38.2 Å².